The molecule has 1 saturated heterocycles. The minimum Gasteiger partial charge on any atom is -0.379 e. The van der Waals surface area contributed by atoms with Crippen LogP contribution in [0.25, 0.3) is 10.2 Å². The third kappa shape index (κ3) is 4.42. The summed E-state index contributed by atoms with van der Waals surface area (Å²) in [5.41, 5.74) is 4.14. The third-order valence-electron chi connectivity index (χ3n) is 5.46. The predicted octanol–water partition coefficient (Wildman–Crippen LogP) is 4.36. The van der Waals surface area contributed by atoms with Crippen LogP contribution in [0.5, 0.6) is 0 Å². The van der Waals surface area contributed by atoms with Crippen molar-refractivity contribution in [3.63, 3.8) is 0 Å². The average molecular weight is 445 g/mol. The molecule has 6 nitrogen and oxygen atoms in total. The largest absolute Gasteiger partial charge is 0.379 e. The molecule has 0 atom stereocenters. The molecule has 8 heteroatoms. The van der Waals surface area contributed by atoms with E-state index in [1.165, 1.54) is 16.9 Å². The maximum atomic E-state index is 13.5. The van der Waals surface area contributed by atoms with Gasteiger partial charge < -0.3 is 4.74 Å². The smallest absolute Gasteiger partial charge is 0.272 e. The molecule has 1 amide bonds. The van der Waals surface area contributed by atoms with E-state index in [9.17, 15) is 4.79 Å². The highest BCUT2D eigenvalue weighted by molar-refractivity contribution is 7.22. The van der Waals surface area contributed by atoms with Crippen LogP contribution in [-0.2, 0) is 4.74 Å². The summed E-state index contributed by atoms with van der Waals surface area (Å²) in [6.07, 6.45) is 0.899. The van der Waals surface area contributed by atoms with Crippen LogP contribution in [0.4, 0.5) is 5.13 Å². The van der Waals surface area contributed by atoms with Crippen molar-refractivity contribution in [2.45, 2.75) is 34.1 Å². The lowest BCUT2D eigenvalue weighted by Gasteiger charge is -2.27. The van der Waals surface area contributed by atoms with Gasteiger partial charge in [-0.2, -0.15) is 0 Å². The Labute approximate surface area is 185 Å². The van der Waals surface area contributed by atoms with Gasteiger partial charge in [0.25, 0.3) is 5.91 Å². The molecule has 4 rings (SSSR count). The Hall–Kier alpha value is -1.87. The lowest BCUT2D eigenvalue weighted by Crippen LogP contribution is -2.39. The van der Waals surface area contributed by atoms with Gasteiger partial charge >= 0.3 is 0 Å². The van der Waals surface area contributed by atoms with Crippen molar-refractivity contribution in [3.8, 4) is 0 Å². The molecule has 0 aliphatic carbocycles. The molecule has 0 radical (unpaired) electrons. The van der Waals surface area contributed by atoms with Gasteiger partial charge in [0.1, 0.15) is 4.88 Å². The topological polar surface area (TPSA) is 58.6 Å². The summed E-state index contributed by atoms with van der Waals surface area (Å²) in [6, 6.07) is 4.23. The first-order chi connectivity index (χ1) is 14.4. The Bertz CT molecular complexity index is 1010. The number of morpholine rings is 1. The second-order valence-electron chi connectivity index (χ2n) is 7.79. The summed E-state index contributed by atoms with van der Waals surface area (Å²) in [5.74, 6) is 0.00874. The van der Waals surface area contributed by atoms with Crippen molar-refractivity contribution in [2.24, 2.45) is 0 Å². The number of fused-ring (bicyclic) bond motifs is 1. The molecule has 2 aromatic heterocycles. The second-order valence-corrected chi connectivity index (χ2v) is 9.97. The van der Waals surface area contributed by atoms with Gasteiger partial charge in [-0.1, -0.05) is 23.5 Å². The minimum absolute atomic E-state index is 0.00874. The molecule has 0 unspecified atom stereocenters. The Kier molecular flexibility index (Phi) is 6.48. The number of amides is 1. The molecular formula is C22H28N4O2S2. The Morgan fingerprint density at radius 2 is 1.83 bits per heavy atom. The van der Waals surface area contributed by atoms with Crippen LogP contribution in [0.3, 0.4) is 0 Å². The summed E-state index contributed by atoms with van der Waals surface area (Å²) in [4.78, 5) is 27.9. The number of carbonyl (C=O) groups excluding carboxylic acids is 1. The van der Waals surface area contributed by atoms with E-state index in [0.717, 1.165) is 70.9 Å². The molecule has 1 aliphatic heterocycles. The third-order valence-corrected chi connectivity index (χ3v) is 7.74. The summed E-state index contributed by atoms with van der Waals surface area (Å²) >= 11 is 3.08. The highest BCUT2D eigenvalue weighted by atomic mass is 32.1. The average Bonchev–Trinajstić information content (AvgIpc) is 3.32. The van der Waals surface area contributed by atoms with Crippen LogP contribution < -0.4 is 4.90 Å². The van der Waals surface area contributed by atoms with E-state index < -0.39 is 0 Å². The fraction of sp³-hybridized carbons (Fsp3) is 0.500. The molecular weight excluding hydrogens is 416 g/mol. The Morgan fingerprint density at radius 3 is 2.50 bits per heavy atom. The first-order valence-corrected chi connectivity index (χ1v) is 12.0. The number of ether oxygens (including phenoxy) is 1. The lowest BCUT2D eigenvalue weighted by molar-refractivity contribution is 0.0376. The summed E-state index contributed by atoms with van der Waals surface area (Å²) in [7, 11) is 0. The van der Waals surface area contributed by atoms with E-state index >= 15 is 0 Å². The number of hydrogen-bond acceptors (Lipinski definition) is 7. The number of aromatic nitrogens is 2. The van der Waals surface area contributed by atoms with E-state index in [2.05, 4.69) is 35.9 Å². The second kappa shape index (κ2) is 9.09. The van der Waals surface area contributed by atoms with Gasteiger partial charge in [-0.3, -0.25) is 14.6 Å². The molecule has 160 valence electrons. The number of hydrogen-bond donors (Lipinski definition) is 0. The molecule has 3 heterocycles. The number of aryl methyl sites for hydroxylation is 4. The number of thiazole rings is 2. The van der Waals surface area contributed by atoms with Gasteiger partial charge in [-0.15, -0.1) is 11.3 Å². The maximum Gasteiger partial charge on any atom is 0.272 e. The van der Waals surface area contributed by atoms with Crippen molar-refractivity contribution >= 4 is 43.9 Å². The lowest BCUT2D eigenvalue weighted by atomic mass is 10.1. The van der Waals surface area contributed by atoms with E-state index in [1.807, 2.05) is 18.7 Å². The zero-order valence-corrected chi connectivity index (χ0v) is 19.7. The van der Waals surface area contributed by atoms with Gasteiger partial charge in [0.15, 0.2) is 5.13 Å². The van der Waals surface area contributed by atoms with Crippen LogP contribution in [0, 0.1) is 27.7 Å². The molecule has 1 aliphatic rings. The molecule has 1 fully saturated rings. The quantitative estimate of drug-likeness (QED) is 0.566. The summed E-state index contributed by atoms with van der Waals surface area (Å²) in [5, 5.41) is 1.69. The monoisotopic (exact) mass is 444 g/mol. The van der Waals surface area contributed by atoms with E-state index in [1.54, 1.807) is 11.3 Å². The molecule has 1 aromatic carbocycles. The van der Waals surface area contributed by atoms with Gasteiger partial charge in [0.2, 0.25) is 0 Å². The number of benzene rings is 1. The SMILES string of the molecule is Cc1nc(C)c(C(=O)N(CCCN2CCOCC2)c2nc3c(C)ccc(C)c3s2)s1. The number of anilines is 1. The summed E-state index contributed by atoms with van der Waals surface area (Å²) < 4.78 is 6.60. The van der Waals surface area contributed by atoms with Crippen LogP contribution in [-0.4, -0.2) is 60.2 Å². The van der Waals surface area contributed by atoms with Crippen molar-refractivity contribution in [1.29, 1.82) is 0 Å². The van der Waals surface area contributed by atoms with Crippen molar-refractivity contribution in [3.05, 3.63) is 38.8 Å². The van der Waals surface area contributed by atoms with Gasteiger partial charge in [-0.25, -0.2) is 9.97 Å². The molecule has 0 spiro atoms. The van der Waals surface area contributed by atoms with E-state index in [4.69, 9.17) is 9.72 Å². The van der Waals surface area contributed by atoms with Gasteiger partial charge in [0.05, 0.1) is 34.1 Å². The van der Waals surface area contributed by atoms with Gasteiger partial charge in [0, 0.05) is 26.2 Å². The molecule has 3 aromatic rings. The first-order valence-electron chi connectivity index (χ1n) is 10.4. The number of nitrogens with zero attached hydrogens (tertiary/aromatic N) is 4. The predicted molar refractivity (Wildman–Crippen MR) is 124 cm³/mol. The first kappa shape index (κ1) is 21.4. The number of carbonyl (C=O) groups is 1. The highest BCUT2D eigenvalue weighted by Gasteiger charge is 2.25. The van der Waals surface area contributed by atoms with Crippen molar-refractivity contribution in [1.82, 2.24) is 14.9 Å². The van der Waals surface area contributed by atoms with Gasteiger partial charge in [-0.05, 0) is 45.2 Å². The Balaban J connectivity index is 1.62. The molecule has 0 saturated carbocycles. The van der Waals surface area contributed by atoms with Crippen LogP contribution in [0.15, 0.2) is 12.1 Å². The Morgan fingerprint density at radius 1 is 1.10 bits per heavy atom. The molecule has 0 N–H and O–H groups in total. The van der Waals surface area contributed by atoms with Crippen molar-refractivity contribution < 1.29 is 9.53 Å². The minimum atomic E-state index is 0.00874. The maximum absolute atomic E-state index is 13.5. The normalized spacial score (nSPS) is 15.1. The van der Waals surface area contributed by atoms with E-state index in [-0.39, 0.29) is 5.91 Å². The number of rotatable bonds is 6. The van der Waals surface area contributed by atoms with Crippen LogP contribution in [0.2, 0.25) is 0 Å². The van der Waals surface area contributed by atoms with Crippen molar-refractivity contribution in [2.75, 3.05) is 44.3 Å². The van der Waals surface area contributed by atoms with E-state index in [0.29, 0.717) is 11.4 Å². The zero-order valence-electron chi connectivity index (χ0n) is 18.0. The standard InChI is InChI=1S/C22H28N4O2S2/c1-14-6-7-15(2)19-18(14)24-22(30-19)26(9-5-8-25-10-12-28-13-11-25)21(27)20-16(3)23-17(4)29-20/h6-7H,5,8-13H2,1-4H3. The summed E-state index contributed by atoms with van der Waals surface area (Å²) in [6.45, 7) is 13.1. The highest BCUT2D eigenvalue weighted by Crippen LogP contribution is 2.34. The fourth-order valence-corrected chi connectivity index (χ4v) is 5.78. The van der Waals surface area contributed by atoms with Crippen LogP contribution in [0.1, 0.15) is 37.9 Å². The fourth-order valence-electron chi connectivity index (χ4n) is 3.78. The zero-order chi connectivity index (χ0) is 21.3. The molecule has 30 heavy (non-hydrogen) atoms. The van der Waals surface area contributed by atoms with Crippen LogP contribution >= 0.6 is 22.7 Å². The molecule has 0 bridgehead atoms.